The fourth-order valence-corrected chi connectivity index (χ4v) is 5.37. The lowest BCUT2D eigenvalue weighted by Gasteiger charge is -2.26. The fraction of sp³-hybridized carbons (Fsp3) is 0.409. The number of carbonyl (C=O) groups excluding carboxylic acids is 1. The van der Waals surface area contributed by atoms with Crippen LogP contribution < -0.4 is 14.4 Å². The number of anilines is 1. The Morgan fingerprint density at radius 1 is 1.03 bits per heavy atom. The molecule has 2 saturated carbocycles. The van der Waals surface area contributed by atoms with Gasteiger partial charge < -0.3 is 10.1 Å². The molecule has 0 aliphatic heterocycles. The molecule has 0 spiro atoms. The van der Waals surface area contributed by atoms with Gasteiger partial charge in [0.05, 0.1) is 11.9 Å². The molecule has 0 radical (unpaired) electrons. The van der Waals surface area contributed by atoms with E-state index in [0.717, 1.165) is 23.4 Å². The van der Waals surface area contributed by atoms with E-state index in [2.05, 4.69) is 5.32 Å². The van der Waals surface area contributed by atoms with Crippen molar-refractivity contribution in [3.63, 3.8) is 0 Å². The summed E-state index contributed by atoms with van der Waals surface area (Å²) in [5, 5.41) is 3.06. The van der Waals surface area contributed by atoms with E-state index in [-0.39, 0.29) is 18.5 Å². The number of carbonyl (C=O) groups is 1. The minimum atomic E-state index is -3.60. The molecule has 29 heavy (non-hydrogen) atoms. The summed E-state index contributed by atoms with van der Waals surface area (Å²) in [4.78, 5) is 12.6. The average molecular weight is 415 g/mol. The van der Waals surface area contributed by atoms with Gasteiger partial charge in [0, 0.05) is 6.04 Å². The van der Waals surface area contributed by atoms with Crippen LogP contribution >= 0.6 is 0 Å². The van der Waals surface area contributed by atoms with E-state index in [1.165, 1.54) is 12.8 Å². The number of benzene rings is 2. The number of hydrogen-bond donors (Lipinski definition) is 1. The summed E-state index contributed by atoms with van der Waals surface area (Å²) in [6, 6.07) is 16.3. The number of fused-ring (bicyclic) bond motifs is 2. The van der Waals surface area contributed by atoms with Crippen molar-refractivity contribution in [2.24, 2.45) is 11.8 Å². The van der Waals surface area contributed by atoms with Gasteiger partial charge in [-0.25, -0.2) is 8.42 Å². The summed E-state index contributed by atoms with van der Waals surface area (Å²) in [5.74, 6) is 2.31. The molecule has 0 unspecified atom stereocenters. The monoisotopic (exact) mass is 414 g/mol. The highest BCUT2D eigenvalue weighted by Crippen LogP contribution is 2.44. The first-order chi connectivity index (χ1) is 13.9. The van der Waals surface area contributed by atoms with E-state index in [0.29, 0.717) is 29.0 Å². The van der Waals surface area contributed by atoms with Crippen LogP contribution in [-0.4, -0.2) is 33.2 Å². The maximum Gasteiger partial charge on any atom is 0.241 e. The molecule has 1 amide bonds. The normalized spacial score (nSPS) is 23.0. The Balaban J connectivity index is 1.43. The van der Waals surface area contributed by atoms with Gasteiger partial charge in [-0.2, -0.15) is 0 Å². The van der Waals surface area contributed by atoms with Crippen LogP contribution in [0.2, 0.25) is 0 Å². The van der Waals surface area contributed by atoms with Crippen molar-refractivity contribution in [3.8, 4) is 11.5 Å². The lowest BCUT2D eigenvalue weighted by molar-refractivity contribution is -0.120. The number of ether oxygens (including phenoxy) is 1. The Morgan fingerprint density at radius 2 is 1.72 bits per heavy atom. The van der Waals surface area contributed by atoms with Crippen LogP contribution in [0.15, 0.2) is 54.6 Å². The first kappa shape index (κ1) is 19.8. The molecule has 2 bridgehead atoms. The minimum Gasteiger partial charge on any atom is -0.457 e. The van der Waals surface area contributed by atoms with Crippen LogP contribution in [-0.2, 0) is 14.8 Å². The molecule has 2 aliphatic rings. The smallest absolute Gasteiger partial charge is 0.241 e. The molecule has 7 heteroatoms. The van der Waals surface area contributed by atoms with Gasteiger partial charge in [0.25, 0.3) is 0 Å². The fourth-order valence-electron chi connectivity index (χ4n) is 4.51. The Hall–Kier alpha value is -2.54. The van der Waals surface area contributed by atoms with Crippen molar-refractivity contribution in [2.45, 2.75) is 31.7 Å². The maximum atomic E-state index is 12.6. The summed E-state index contributed by atoms with van der Waals surface area (Å²) < 4.78 is 31.5. The van der Waals surface area contributed by atoms with Gasteiger partial charge in [0.2, 0.25) is 15.9 Å². The third kappa shape index (κ3) is 4.72. The van der Waals surface area contributed by atoms with Crippen molar-refractivity contribution in [1.82, 2.24) is 5.32 Å². The van der Waals surface area contributed by atoms with Crippen molar-refractivity contribution in [1.29, 1.82) is 0 Å². The third-order valence-corrected chi connectivity index (χ3v) is 7.02. The standard InChI is InChI=1S/C22H26N2O4S/c1-29(26,27)24(15-22(25)23-21-14-16-7-8-17(21)13-16)18-9-11-20(12-10-18)28-19-5-3-2-4-6-19/h2-6,9-12,16-17,21H,7-8,13-15H2,1H3,(H,23,25)/t16-,17-,21+/m1/s1. The second-order valence-corrected chi connectivity index (χ2v) is 9.93. The molecule has 0 aromatic heterocycles. The Morgan fingerprint density at radius 3 is 2.31 bits per heavy atom. The Bertz CT molecular complexity index is 960. The molecule has 1 N–H and O–H groups in total. The Labute approximate surface area is 171 Å². The van der Waals surface area contributed by atoms with Crippen LogP contribution in [0.5, 0.6) is 11.5 Å². The van der Waals surface area contributed by atoms with Crippen LogP contribution in [0.1, 0.15) is 25.7 Å². The number of hydrogen-bond acceptors (Lipinski definition) is 4. The van der Waals surface area contributed by atoms with Gasteiger partial charge in [-0.15, -0.1) is 0 Å². The van der Waals surface area contributed by atoms with Crippen molar-refractivity contribution >= 4 is 21.6 Å². The first-order valence-corrected chi connectivity index (χ1v) is 11.8. The van der Waals surface area contributed by atoms with Crippen molar-refractivity contribution in [2.75, 3.05) is 17.1 Å². The minimum absolute atomic E-state index is 0.185. The summed E-state index contributed by atoms with van der Waals surface area (Å²) in [6.45, 7) is -0.217. The highest BCUT2D eigenvalue weighted by atomic mass is 32.2. The third-order valence-electron chi connectivity index (χ3n) is 5.88. The van der Waals surface area contributed by atoms with E-state index in [1.807, 2.05) is 30.3 Å². The van der Waals surface area contributed by atoms with E-state index in [9.17, 15) is 13.2 Å². The molecule has 0 saturated heterocycles. The maximum absolute atomic E-state index is 12.6. The largest absolute Gasteiger partial charge is 0.457 e. The number of nitrogens with zero attached hydrogens (tertiary/aromatic N) is 1. The molecule has 2 aromatic rings. The lowest BCUT2D eigenvalue weighted by Crippen LogP contribution is -2.45. The predicted molar refractivity (Wildman–Crippen MR) is 113 cm³/mol. The number of sulfonamides is 1. The summed E-state index contributed by atoms with van der Waals surface area (Å²) in [6.07, 6.45) is 5.73. The molecule has 2 fully saturated rings. The van der Waals surface area contributed by atoms with Gasteiger partial charge in [0.15, 0.2) is 0 Å². The molecule has 0 heterocycles. The molecule has 2 aromatic carbocycles. The van der Waals surface area contributed by atoms with Crippen LogP contribution in [0.25, 0.3) is 0 Å². The van der Waals surface area contributed by atoms with Crippen molar-refractivity contribution < 1.29 is 17.9 Å². The zero-order valence-corrected chi connectivity index (χ0v) is 17.3. The zero-order chi connectivity index (χ0) is 20.4. The molecule has 3 atom stereocenters. The van der Waals surface area contributed by atoms with E-state index < -0.39 is 10.0 Å². The first-order valence-electron chi connectivity index (χ1n) is 9.98. The number of nitrogens with one attached hydrogen (secondary N) is 1. The van der Waals surface area contributed by atoms with Gasteiger partial charge in [-0.3, -0.25) is 9.10 Å². The molecular weight excluding hydrogens is 388 g/mol. The number of para-hydroxylation sites is 1. The second kappa shape index (κ2) is 8.06. The van der Waals surface area contributed by atoms with Gasteiger partial charge in [-0.05, 0) is 67.5 Å². The van der Waals surface area contributed by atoms with Crippen molar-refractivity contribution in [3.05, 3.63) is 54.6 Å². The summed E-state index contributed by atoms with van der Waals surface area (Å²) in [7, 11) is -3.60. The molecule has 6 nitrogen and oxygen atoms in total. The van der Waals surface area contributed by atoms with Gasteiger partial charge in [0.1, 0.15) is 18.0 Å². The average Bonchev–Trinajstić information content (AvgIpc) is 3.30. The van der Waals surface area contributed by atoms with Gasteiger partial charge in [-0.1, -0.05) is 24.6 Å². The lowest BCUT2D eigenvalue weighted by atomic mass is 9.95. The highest BCUT2D eigenvalue weighted by Gasteiger charge is 2.40. The number of amides is 1. The Kier molecular flexibility index (Phi) is 5.50. The van der Waals surface area contributed by atoms with E-state index in [1.54, 1.807) is 24.3 Å². The predicted octanol–water partition coefficient (Wildman–Crippen LogP) is 3.55. The molecule has 2 aliphatic carbocycles. The summed E-state index contributed by atoms with van der Waals surface area (Å²) in [5.41, 5.74) is 0.441. The second-order valence-electron chi connectivity index (χ2n) is 8.03. The number of rotatable bonds is 7. The molecular formula is C22H26N2O4S. The van der Waals surface area contributed by atoms with Crippen LogP contribution in [0.3, 0.4) is 0 Å². The van der Waals surface area contributed by atoms with Crippen LogP contribution in [0.4, 0.5) is 5.69 Å². The molecule has 4 rings (SSSR count). The molecule has 154 valence electrons. The van der Waals surface area contributed by atoms with Crippen LogP contribution in [0, 0.1) is 11.8 Å². The quantitative estimate of drug-likeness (QED) is 0.752. The van der Waals surface area contributed by atoms with E-state index in [4.69, 9.17) is 4.74 Å². The summed E-state index contributed by atoms with van der Waals surface area (Å²) >= 11 is 0. The highest BCUT2D eigenvalue weighted by molar-refractivity contribution is 7.92. The topological polar surface area (TPSA) is 75.7 Å². The van der Waals surface area contributed by atoms with E-state index >= 15 is 0 Å². The SMILES string of the molecule is CS(=O)(=O)N(CC(=O)N[C@H]1C[C@@H]2CC[C@@H]1C2)c1ccc(Oc2ccccc2)cc1. The van der Waals surface area contributed by atoms with Gasteiger partial charge >= 0.3 is 0 Å². The zero-order valence-electron chi connectivity index (χ0n) is 16.5.